The van der Waals surface area contributed by atoms with E-state index in [9.17, 15) is 19.2 Å². The Morgan fingerprint density at radius 2 is 1.77 bits per heavy atom. The van der Waals surface area contributed by atoms with Crippen LogP contribution in [-0.2, 0) is 4.79 Å². The molecule has 2 aromatic heterocycles. The predicted octanol–water partition coefficient (Wildman–Crippen LogP) is 4.07. The molecule has 11 heteroatoms. The molecule has 192 valence electrons. The zero-order valence-electron chi connectivity index (χ0n) is 20.4. The van der Waals surface area contributed by atoms with Crippen molar-refractivity contribution in [2.24, 2.45) is 5.10 Å². The molecular weight excluding hydrogens is 520 g/mol. The number of fused-ring (bicyclic) bond motifs is 3. The van der Waals surface area contributed by atoms with Crippen LogP contribution >= 0.6 is 11.3 Å². The van der Waals surface area contributed by atoms with Gasteiger partial charge in [0.1, 0.15) is 24.1 Å². The van der Waals surface area contributed by atoms with E-state index in [1.807, 2.05) is 0 Å². The summed E-state index contributed by atoms with van der Waals surface area (Å²) >= 11 is 1.16. The summed E-state index contributed by atoms with van der Waals surface area (Å²) in [6.45, 7) is -0.574. The molecule has 0 radical (unpaired) electrons. The van der Waals surface area contributed by atoms with Crippen molar-refractivity contribution in [2.45, 2.75) is 0 Å². The molecule has 39 heavy (non-hydrogen) atoms. The van der Waals surface area contributed by atoms with Gasteiger partial charge in [-0.15, -0.1) is 0 Å². The Balaban J connectivity index is 1.38. The van der Waals surface area contributed by atoms with Crippen molar-refractivity contribution < 1.29 is 23.5 Å². The van der Waals surface area contributed by atoms with E-state index in [0.717, 1.165) is 25.9 Å². The smallest absolute Gasteiger partial charge is 0.269 e. The second-order valence-corrected chi connectivity index (χ2v) is 9.55. The molecule has 3 amide bonds. The van der Waals surface area contributed by atoms with Crippen LogP contribution in [-0.4, -0.2) is 47.5 Å². The molecule has 10 nitrogen and oxygen atoms in total. The molecule has 0 N–H and O–H groups in total. The van der Waals surface area contributed by atoms with E-state index in [-0.39, 0.29) is 27.3 Å². The molecule has 0 fully saturated rings. The Labute approximate surface area is 224 Å². The third kappa shape index (κ3) is 4.24. The minimum absolute atomic E-state index is 0.106. The Morgan fingerprint density at radius 3 is 2.51 bits per heavy atom. The van der Waals surface area contributed by atoms with E-state index < -0.39 is 24.3 Å². The summed E-state index contributed by atoms with van der Waals surface area (Å²) in [5.41, 5.74) is 1.24. The average Bonchev–Trinajstić information content (AvgIpc) is 3.48. The van der Waals surface area contributed by atoms with Crippen LogP contribution in [0.3, 0.4) is 0 Å². The fraction of sp³-hybridized carbons (Fsp3) is 0.0714. The molecule has 1 aliphatic heterocycles. The first-order valence-electron chi connectivity index (χ1n) is 11.7. The first kappa shape index (κ1) is 24.2. The van der Waals surface area contributed by atoms with Gasteiger partial charge in [0.05, 0.1) is 45.6 Å². The van der Waals surface area contributed by atoms with E-state index in [2.05, 4.69) is 10.1 Å². The SMILES string of the molecule is COc1ccc2nc(N(/N=C/c3coc4ccccc4c3=O)C(=O)CN3C(=O)c4ccccc4C3=O)sc2c1. The van der Waals surface area contributed by atoms with Crippen molar-refractivity contribution in [1.29, 1.82) is 0 Å². The van der Waals surface area contributed by atoms with Crippen LogP contribution in [0.2, 0.25) is 0 Å². The highest BCUT2D eigenvalue weighted by Crippen LogP contribution is 2.32. The Kier molecular flexibility index (Phi) is 5.97. The van der Waals surface area contributed by atoms with E-state index in [1.165, 1.54) is 24.6 Å². The number of hydrazone groups is 1. The van der Waals surface area contributed by atoms with Crippen LogP contribution in [0.1, 0.15) is 26.3 Å². The number of hydrogen-bond acceptors (Lipinski definition) is 9. The van der Waals surface area contributed by atoms with Crippen LogP contribution in [0.5, 0.6) is 5.75 Å². The number of carbonyl (C=O) groups excluding carboxylic acids is 3. The Hall–Kier alpha value is -5.16. The molecule has 6 rings (SSSR count). The lowest BCUT2D eigenvalue weighted by Gasteiger charge is -2.18. The Morgan fingerprint density at radius 1 is 1.05 bits per heavy atom. The zero-order valence-corrected chi connectivity index (χ0v) is 21.2. The van der Waals surface area contributed by atoms with Crippen LogP contribution in [0, 0.1) is 0 Å². The van der Waals surface area contributed by atoms with Crippen molar-refractivity contribution in [2.75, 3.05) is 18.7 Å². The highest BCUT2D eigenvalue weighted by molar-refractivity contribution is 7.22. The molecule has 0 spiro atoms. The third-order valence-electron chi connectivity index (χ3n) is 6.19. The number of aromatic nitrogens is 1. The summed E-state index contributed by atoms with van der Waals surface area (Å²) < 4.78 is 11.6. The average molecular weight is 539 g/mol. The van der Waals surface area contributed by atoms with Crippen LogP contribution in [0.15, 0.2) is 87.3 Å². The van der Waals surface area contributed by atoms with E-state index in [4.69, 9.17) is 9.15 Å². The number of amides is 3. The topological polar surface area (TPSA) is 122 Å². The van der Waals surface area contributed by atoms with Gasteiger partial charge in [0.2, 0.25) is 10.6 Å². The number of carbonyl (C=O) groups is 3. The van der Waals surface area contributed by atoms with Gasteiger partial charge >= 0.3 is 0 Å². The monoisotopic (exact) mass is 538 g/mol. The van der Waals surface area contributed by atoms with Crippen molar-refractivity contribution in [3.8, 4) is 5.75 Å². The Bertz CT molecular complexity index is 1860. The van der Waals surface area contributed by atoms with Gasteiger partial charge in [-0.25, -0.2) is 4.98 Å². The number of imide groups is 1. The maximum absolute atomic E-state index is 13.6. The summed E-state index contributed by atoms with van der Waals surface area (Å²) in [6.07, 6.45) is 2.45. The van der Waals surface area contributed by atoms with Gasteiger partial charge in [0.15, 0.2) is 0 Å². The molecule has 3 aromatic carbocycles. The summed E-state index contributed by atoms with van der Waals surface area (Å²) in [5, 5.41) is 5.80. The van der Waals surface area contributed by atoms with Gasteiger partial charge < -0.3 is 9.15 Å². The number of methoxy groups -OCH3 is 1. The fourth-order valence-corrected chi connectivity index (χ4v) is 5.19. The standard InChI is InChI=1S/C28H18N4O6S/c1-37-17-10-11-21-23(12-17)39-28(30-21)32(29-13-16-15-38-22-9-5-4-8-20(22)25(16)34)24(33)14-31-26(35)18-6-2-3-7-19(18)27(31)36/h2-13,15H,14H2,1H3/b29-13+. The van der Waals surface area contributed by atoms with Crippen LogP contribution in [0.4, 0.5) is 5.13 Å². The molecular formula is C28H18N4O6S. The summed E-state index contributed by atoms with van der Waals surface area (Å²) in [5.74, 6) is -1.23. The van der Waals surface area contributed by atoms with Gasteiger partial charge in [-0.1, -0.05) is 35.6 Å². The van der Waals surface area contributed by atoms with E-state index >= 15 is 0 Å². The molecule has 0 saturated carbocycles. The maximum Gasteiger partial charge on any atom is 0.269 e. The lowest BCUT2D eigenvalue weighted by molar-refractivity contribution is -0.118. The highest BCUT2D eigenvalue weighted by Gasteiger charge is 2.37. The largest absolute Gasteiger partial charge is 0.497 e. The molecule has 0 unspecified atom stereocenters. The normalized spacial score (nSPS) is 13.0. The summed E-state index contributed by atoms with van der Waals surface area (Å²) in [4.78, 5) is 57.7. The lowest BCUT2D eigenvalue weighted by atomic mass is 10.1. The maximum atomic E-state index is 13.6. The van der Waals surface area contributed by atoms with Crippen LogP contribution in [0.25, 0.3) is 21.2 Å². The number of benzene rings is 3. The number of rotatable bonds is 6. The van der Waals surface area contributed by atoms with E-state index in [1.54, 1.807) is 61.7 Å². The molecule has 0 atom stereocenters. The summed E-state index contributed by atoms with van der Waals surface area (Å²) in [7, 11) is 1.54. The van der Waals surface area contributed by atoms with Gasteiger partial charge in [-0.3, -0.25) is 24.1 Å². The summed E-state index contributed by atoms with van der Waals surface area (Å²) in [6, 6.07) is 18.4. The highest BCUT2D eigenvalue weighted by atomic mass is 32.1. The van der Waals surface area contributed by atoms with Gasteiger partial charge in [-0.05, 0) is 42.5 Å². The van der Waals surface area contributed by atoms with Crippen LogP contribution < -0.4 is 15.2 Å². The molecule has 0 bridgehead atoms. The number of thiazole rings is 1. The van der Waals surface area contributed by atoms with Gasteiger partial charge in [0, 0.05) is 0 Å². The number of hydrogen-bond donors (Lipinski definition) is 0. The lowest BCUT2D eigenvalue weighted by Crippen LogP contribution is -2.41. The quantitative estimate of drug-likeness (QED) is 0.181. The van der Waals surface area contributed by atoms with Crippen molar-refractivity contribution >= 4 is 61.6 Å². The predicted molar refractivity (Wildman–Crippen MR) is 146 cm³/mol. The number of nitrogens with zero attached hydrogens (tertiary/aromatic N) is 4. The van der Waals surface area contributed by atoms with Crippen molar-refractivity contribution in [3.05, 3.63) is 99.9 Å². The molecule has 3 heterocycles. The minimum atomic E-state index is -0.697. The third-order valence-corrected chi connectivity index (χ3v) is 7.19. The zero-order chi connectivity index (χ0) is 27.1. The molecule has 0 saturated heterocycles. The van der Waals surface area contributed by atoms with Crippen molar-refractivity contribution in [3.63, 3.8) is 0 Å². The van der Waals surface area contributed by atoms with Gasteiger partial charge in [-0.2, -0.15) is 10.1 Å². The molecule has 5 aromatic rings. The molecule has 0 aliphatic carbocycles. The number of ether oxygens (including phenoxy) is 1. The second kappa shape index (κ2) is 9.62. The minimum Gasteiger partial charge on any atom is -0.497 e. The van der Waals surface area contributed by atoms with Crippen molar-refractivity contribution in [1.82, 2.24) is 9.88 Å². The second-order valence-electron chi connectivity index (χ2n) is 8.54. The first-order chi connectivity index (χ1) is 18.9. The van der Waals surface area contributed by atoms with Gasteiger partial charge in [0.25, 0.3) is 17.7 Å². The first-order valence-corrected chi connectivity index (χ1v) is 12.5. The number of anilines is 1. The fourth-order valence-electron chi connectivity index (χ4n) is 4.22. The molecule has 1 aliphatic rings. The van der Waals surface area contributed by atoms with E-state index in [0.29, 0.717) is 22.2 Å². The number of para-hydroxylation sites is 1.